The molecule has 0 aromatic carbocycles. The highest BCUT2D eigenvalue weighted by molar-refractivity contribution is 4.51. The van der Waals surface area contributed by atoms with Crippen molar-refractivity contribution >= 4 is 0 Å². The fourth-order valence-corrected chi connectivity index (χ4v) is 3.55. The summed E-state index contributed by atoms with van der Waals surface area (Å²) < 4.78 is 5.31. The summed E-state index contributed by atoms with van der Waals surface area (Å²) in [5, 5.41) is 17.8. The van der Waals surface area contributed by atoms with Gasteiger partial charge in [0.25, 0.3) is 0 Å². The monoisotopic (exact) mass is 386 g/mol. The molecule has 3 heteroatoms. The lowest BCUT2D eigenvalue weighted by Crippen LogP contribution is -2.19. The van der Waals surface area contributed by atoms with Crippen molar-refractivity contribution in [3.63, 3.8) is 0 Å². The predicted octanol–water partition coefficient (Wildman–Crippen LogP) is 6.79. The van der Waals surface area contributed by atoms with E-state index in [0.717, 1.165) is 6.42 Å². The van der Waals surface area contributed by atoms with E-state index in [9.17, 15) is 0 Å². The summed E-state index contributed by atoms with van der Waals surface area (Å²) in [7, 11) is 0. The summed E-state index contributed by atoms with van der Waals surface area (Å²) in [6.45, 7) is 3.04. The van der Waals surface area contributed by atoms with Crippen molar-refractivity contribution in [2.24, 2.45) is 0 Å². The molecule has 0 amide bonds. The first kappa shape index (κ1) is 26.9. The van der Waals surface area contributed by atoms with Crippen molar-refractivity contribution < 1.29 is 14.9 Å². The summed E-state index contributed by atoms with van der Waals surface area (Å²) in [5.74, 6) is 0. The Hall–Kier alpha value is -0.120. The normalized spacial score (nSPS) is 12.6. The van der Waals surface area contributed by atoms with Gasteiger partial charge in [0.1, 0.15) is 6.10 Å². The molecule has 0 saturated heterocycles. The topological polar surface area (TPSA) is 49.7 Å². The molecule has 164 valence electrons. The van der Waals surface area contributed by atoms with E-state index in [1.807, 2.05) is 0 Å². The Kier molecular flexibility index (Phi) is 23.8. The van der Waals surface area contributed by atoms with Gasteiger partial charge in [0.05, 0.1) is 13.2 Å². The third-order valence-electron chi connectivity index (χ3n) is 5.41. The average Bonchev–Trinajstić information content (AvgIpc) is 2.68. The van der Waals surface area contributed by atoms with Crippen molar-refractivity contribution in [3.05, 3.63) is 0 Å². The third kappa shape index (κ3) is 23.8. The first-order chi connectivity index (χ1) is 13.3. The van der Waals surface area contributed by atoms with Crippen molar-refractivity contribution in [1.82, 2.24) is 0 Å². The molecule has 0 aliphatic carbocycles. The van der Waals surface area contributed by atoms with Crippen LogP contribution in [0.3, 0.4) is 0 Å². The Morgan fingerprint density at radius 1 is 0.556 bits per heavy atom. The quantitative estimate of drug-likeness (QED) is 0.190. The zero-order valence-electron chi connectivity index (χ0n) is 18.4. The molecule has 0 heterocycles. The van der Waals surface area contributed by atoms with Gasteiger partial charge in [0.2, 0.25) is 0 Å². The van der Waals surface area contributed by atoms with Gasteiger partial charge in [-0.1, -0.05) is 122 Å². The van der Waals surface area contributed by atoms with Gasteiger partial charge in [0.15, 0.2) is 0 Å². The number of aliphatic hydroxyl groups is 2. The maximum absolute atomic E-state index is 9.14. The molecular weight excluding hydrogens is 336 g/mol. The Morgan fingerprint density at radius 2 is 0.889 bits per heavy atom. The molecule has 0 unspecified atom stereocenters. The van der Waals surface area contributed by atoms with Crippen molar-refractivity contribution in [2.45, 2.75) is 135 Å². The van der Waals surface area contributed by atoms with Crippen molar-refractivity contribution in [1.29, 1.82) is 0 Å². The minimum absolute atomic E-state index is 0.209. The summed E-state index contributed by atoms with van der Waals surface area (Å²) in [4.78, 5) is 0. The maximum Gasteiger partial charge on any atom is 0.100 e. The van der Waals surface area contributed by atoms with Gasteiger partial charge in [-0.3, -0.25) is 0 Å². The smallest absolute Gasteiger partial charge is 0.100 e. The fraction of sp³-hybridized carbons (Fsp3) is 1.00. The third-order valence-corrected chi connectivity index (χ3v) is 5.41. The van der Waals surface area contributed by atoms with E-state index < -0.39 is 6.10 Å². The van der Waals surface area contributed by atoms with E-state index in [1.54, 1.807) is 0 Å². The molecule has 2 N–H and O–H groups in total. The van der Waals surface area contributed by atoms with Gasteiger partial charge in [-0.2, -0.15) is 0 Å². The van der Waals surface area contributed by atoms with Gasteiger partial charge in [-0.25, -0.2) is 0 Å². The highest BCUT2D eigenvalue weighted by Crippen LogP contribution is 2.14. The molecule has 27 heavy (non-hydrogen) atoms. The molecule has 1 atom stereocenters. The zero-order chi connectivity index (χ0) is 19.8. The first-order valence-electron chi connectivity index (χ1n) is 12.2. The molecule has 0 bridgehead atoms. The van der Waals surface area contributed by atoms with E-state index in [0.29, 0.717) is 6.61 Å². The lowest BCUT2D eigenvalue weighted by Gasteiger charge is -2.08. The maximum atomic E-state index is 9.14. The zero-order valence-corrected chi connectivity index (χ0v) is 18.4. The second-order valence-electron chi connectivity index (χ2n) is 8.28. The average molecular weight is 387 g/mol. The molecule has 0 rings (SSSR count). The van der Waals surface area contributed by atoms with Crippen molar-refractivity contribution in [3.8, 4) is 0 Å². The lowest BCUT2D eigenvalue weighted by molar-refractivity contribution is 0.00526. The Balaban J connectivity index is 2.99. The van der Waals surface area contributed by atoms with Crippen LogP contribution in [0.1, 0.15) is 129 Å². The van der Waals surface area contributed by atoms with E-state index >= 15 is 0 Å². The summed E-state index contributed by atoms with van der Waals surface area (Å²) in [5.41, 5.74) is 0. The Bertz CT molecular complexity index is 258. The lowest BCUT2D eigenvalue weighted by atomic mass is 10.0. The van der Waals surface area contributed by atoms with Crippen molar-refractivity contribution in [2.75, 3.05) is 19.8 Å². The van der Waals surface area contributed by atoms with Crippen LogP contribution in [0.4, 0.5) is 0 Å². The molecule has 0 radical (unpaired) electrons. The molecule has 0 spiro atoms. The Labute approximate surface area is 170 Å². The van der Waals surface area contributed by atoms with Crippen LogP contribution in [0.2, 0.25) is 0 Å². The largest absolute Gasteiger partial charge is 0.394 e. The molecule has 0 aliphatic rings. The van der Waals surface area contributed by atoms with E-state index in [2.05, 4.69) is 6.92 Å². The van der Waals surface area contributed by atoms with Gasteiger partial charge < -0.3 is 14.9 Å². The van der Waals surface area contributed by atoms with Gasteiger partial charge in [-0.15, -0.1) is 0 Å². The standard InChI is InChI=1S/C24H50O3/c1-2-3-4-5-6-7-8-9-10-11-12-13-14-15-16-17-18-19-20-21-27-23-24(26)22-25/h24-26H,2-23H2,1H3/t24-/m0/s1. The van der Waals surface area contributed by atoms with Crippen LogP contribution in [0.25, 0.3) is 0 Å². The molecule has 0 aromatic heterocycles. The second-order valence-corrected chi connectivity index (χ2v) is 8.28. The number of aliphatic hydroxyl groups excluding tert-OH is 2. The second kappa shape index (κ2) is 23.9. The minimum Gasteiger partial charge on any atom is -0.394 e. The molecule has 0 aliphatic heterocycles. The Morgan fingerprint density at radius 3 is 1.22 bits per heavy atom. The van der Waals surface area contributed by atoms with Crippen LogP contribution in [-0.2, 0) is 4.74 Å². The molecule has 0 aromatic rings. The van der Waals surface area contributed by atoms with E-state index in [1.165, 1.54) is 116 Å². The van der Waals surface area contributed by atoms with Crippen LogP contribution >= 0.6 is 0 Å². The molecule has 0 saturated carbocycles. The number of unbranched alkanes of at least 4 members (excludes halogenated alkanes) is 18. The SMILES string of the molecule is CCCCCCCCCCCCCCCCCCCCCOC[C@@H](O)CO. The highest BCUT2D eigenvalue weighted by Gasteiger charge is 2.00. The summed E-state index contributed by atoms with van der Waals surface area (Å²) >= 11 is 0. The van der Waals surface area contributed by atoms with Crippen LogP contribution < -0.4 is 0 Å². The first-order valence-corrected chi connectivity index (χ1v) is 12.2. The van der Waals surface area contributed by atoms with Gasteiger partial charge in [0, 0.05) is 6.61 Å². The predicted molar refractivity (Wildman–Crippen MR) is 117 cm³/mol. The van der Waals surface area contributed by atoms with Crippen LogP contribution in [0.5, 0.6) is 0 Å². The van der Waals surface area contributed by atoms with Crippen LogP contribution in [0.15, 0.2) is 0 Å². The summed E-state index contributed by atoms with van der Waals surface area (Å²) in [6, 6.07) is 0. The van der Waals surface area contributed by atoms with E-state index in [-0.39, 0.29) is 13.2 Å². The summed E-state index contributed by atoms with van der Waals surface area (Å²) in [6.07, 6.45) is 25.7. The van der Waals surface area contributed by atoms with Gasteiger partial charge >= 0.3 is 0 Å². The molecular formula is C24H50O3. The number of hydrogen-bond acceptors (Lipinski definition) is 3. The number of rotatable bonds is 23. The fourth-order valence-electron chi connectivity index (χ4n) is 3.55. The molecule has 3 nitrogen and oxygen atoms in total. The van der Waals surface area contributed by atoms with Crippen LogP contribution in [0, 0.1) is 0 Å². The van der Waals surface area contributed by atoms with Crippen LogP contribution in [-0.4, -0.2) is 36.1 Å². The minimum atomic E-state index is -0.717. The van der Waals surface area contributed by atoms with E-state index in [4.69, 9.17) is 14.9 Å². The highest BCUT2D eigenvalue weighted by atomic mass is 16.5. The number of ether oxygens (including phenoxy) is 1. The number of hydrogen-bond donors (Lipinski definition) is 2. The van der Waals surface area contributed by atoms with Gasteiger partial charge in [-0.05, 0) is 6.42 Å². The molecule has 0 fully saturated rings.